The number of rotatable bonds is 4. The largest absolute Gasteiger partial charge is 0.449 e. The number of carbonyl (C=O) groups is 1. The van der Waals surface area contributed by atoms with Crippen LogP contribution in [0.25, 0.3) is 18.2 Å². The van der Waals surface area contributed by atoms with Crippen LogP contribution in [0.2, 0.25) is 0 Å². The van der Waals surface area contributed by atoms with Crippen LogP contribution in [0.1, 0.15) is 23.7 Å². The van der Waals surface area contributed by atoms with Crippen molar-refractivity contribution < 1.29 is 9.53 Å². The van der Waals surface area contributed by atoms with Gasteiger partial charge in [-0.3, -0.25) is 4.57 Å². The normalized spacial score (nSPS) is 10.7. The maximum absolute atomic E-state index is 11.8. The molecule has 1 aromatic heterocycles. The van der Waals surface area contributed by atoms with Crippen molar-refractivity contribution in [1.82, 2.24) is 4.57 Å². The Labute approximate surface area is 118 Å². The lowest BCUT2D eigenvalue weighted by atomic mass is 10.1. The summed E-state index contributed by atoms with van der Waals surface area (Å²) in [5.41, 5.74) is 2.89. The molecule has 0 atom stereocenters. The lowest BCUT2D eigenvalue weighted by Crippen LogP contribution is -2.13. The minimum absolute atomic E-state index is 0.361. The summed E-state index contributed by atoms with van der Waals surface area (Å²) in [6, 6.07) is 11.6. The maximum Gasteiger partial charge on any atom is 0.418 e. The molecule has 3 heteroatoms. The smallest absolute Gasteiger partial charge is 0.418 e. The second-order valence-electron chi connectivity index (χ2n) is 4.17. The van der Waals surface area contributed by atoms with E-state index in [1.807, 2.05) is 54.6 Å². The Morgan fingerprint density at radius 1 is 1.20 bits per heavy atom. The van der Waals surface area contributed by atoms with E-state index in [1.54, 1.807) is 13.1 Å². The molecule has 1 aromatic carbocycles. The molecule has 0 aliphatic carbocycles. The highest BCUT2D eigenvalue weighted by Gasteiger charge is 2.07. The van der Waals surface area contributed by atoms with Crippen LogP contribution in [0.3, 0.4) is 0 Å². The third-order valence-electron chi connectivity index (χ3n) is 2.89. The van der Waals surface area contributed by atoms with Crippen molar-refractivity contribution in [3.63, 3.8) is 0 Å². The molecule has 0 fully saturated rings. The van der Waals surface area contributed by atoms with Gasteiger partial charge in [0.25, 0.3) is 0 Å². The van der Waals surface area contributed by atoms with E-state index in [4.69, 9.17) is 4.74 Å². The Bertz CT molecular complexity index is 638. The van der Waals surface area contributed by atoms with Crippen LogP contribution >= 0.6 is 0 Å². The molecule has 0 spiro atoms. The second kappa shape index (κ2) is 6.57. The van der Waals surface area contributed by atoms with Crippen molar-refractivity contribution in [3.8, 4) is 0 Å². The number of hydrogen-bond donors (Lipinski definition) is 0. The van der Waals surface area contributed by atoms with Gasteiger partial charge in [0.2, 0.25) is 0 Å². The molecule has 0 aliphatic rings. The van der Waals surface area contributed by atoms with E-state index in [0.29, 0.717) is 6.61 Å². The molecule has 2 aromatic rings. The molecule has 0 aliphatic heterocycles. The van der Waals surface area contributed by atoms with Gasteiger partial charge in [0, 0.05) is 6.20 Å². The summed E-state index contributed by atoms with van der Waals surface area (Å²) in [7, 11) is 0. The van der Waals surface area contributed by atoms with Crippen LogP contribution in [-0.4, -0.2) is 17.3 Å². The molecule has 0 saturated carbocycles. The summed E-state index contributed by atoms with van der Waals surface area (Å²) in [6.45, 7) is 5.94. The lowest BCUT2D eigenvalue weighted by Gasteiger charge is -2.05. The molecule has 2 rings (SSSR count). The highest BCUT2D eigenvalue weighted by Crippen LogP contribution is 2.15. The molecule has 1 heterocycles. The Morgan fingerprint density at radius 3 is 2.65 bits per heavy atom. The first-order valence-electron chi connectivity index (χ1n) is 6.50. The van der Waals surface area contributed by atoms with Crippen molar-refractivity contribution in [2.24, 2.45) is 0 Å². The molecule has 0 radical (unpaired) electrons. The second-order valence-corrected chi connectivity index (χ2v) is 4.17. The molecule has 20 heavy (non-hydrogen) atoms. The molecular formula is C17H17NO2. The van der Waals surface area contributed by atoms with Crippen molar-refractivity contribution in [2.45, 2.75) is 6.92 Å². The minimum Gasteiger partial charge on any atom is -0.449 e. The summed E-state index contributed by atoms with van der Waals surface area (Å²) < 4.78 is 6.48. The first-order valence-corrected chi connectivity index (χ1v) is 6.50. The fraction of sp³-hybridized carbons (Fsp3) is 0.118. The van der Waals surface area contributed by atoms with E-state index in [-0.39, 0.29) is 6.09 Å². The number of benzene rings is 1. The highest BCUT2D eigenvalue weighted by atomic mass is 16.5. The van der Waals surface area contributed by atoms with Gasteiger partial charge >= 0.3 is 6.09 Å². The molecule has 0 amide bonds. The Morgan fingerprint density at radius 2 is 1.95 bits per heavy atom. The zero-order valence-electron chi connectivity index (χ0n) is 11.5. The minimum atomic E-state index is -0.367. The van der Waals surface area contributed by atoms with Crippen LogP contribution in [0, 0.1) is 0 Å². The van der Waals surface area contributed by atoms with E-state index in [0.717, 1.165) is 16.8 Å². The van der Waals surface area contributed by atoms with Gasteiger partial charge in [-0.25, -0.2) is 4.79 Å². The summed E-state index contributed by atoms with van der Waals surface area (Å²) >= 11 is 0. The standard InChI is InChI=1S/C17H17NO2/c1-3-14-8-5-6-9-15(14)11-12-16-10-7-13-18(16)17(19)20-4-2/h3,5-13H,1,4H2,2H3/b12-11+. The van der Waals surface area contributed by atoms with Gasteiger partial charge in [0.15, 0.2) is 0 Å². The van der Waals surface area contributed by atoms with Crippen LogP contribution in [-0.2, 0) is 4.74 Å². The molecule has 0 saturated heterocycles. The lowest BCUT2D eigenvalue weighted by molar-refractivity contribution is 0.154. The molecule has 0 unspecified atom stereocenters. The predicted molar refractivity (Wildman–Crippen MR) is 82.3 cm³/mol. The Hall–Kier alpha value is -2.55. The Kier molecular flexibility index (Phi) is 4.56. The fourth-order valence-electron chi connectivity index (χ4n) is 1.91. The number of aromatic nitrogens is 1. The monoisotopic (exact) mass is 267 g/mol. The number of carbonyl (C=O) groups excluding carboxylic acids is 1. The summed E-state index contributed by atoms with van der Waals surface area (Å²) in [5.74, 6) is 0. The van der Waals surface area contributed by atoms with Gasteiger partial charge in [-0.15, -0.1) is 0 Å². The van der Waals surface area contributed by atoms with Crippen molar-refractivity contribution >= 4 is 24.3 Å². The van der Waals surface area contributed by atoms with Crippen LogP contribution in [0.15, 0.2) is 49.2 Å². The molecular weight excluding hydrogens is 250 g/mol. The van der Waals surface area contributed by atoms with Gasteiger partial charge in [-0.1, -0.05) is 43.0 Å². The van der Waals surface area contributed by atoms with E-state index < -0.39 is 0 Å². The van der Waals surface area contributed by atoms with Crippen molar-refractivity contribution in [1.29, 1.82) is 0 Å². The third kappa shape index (κ3) is 3.06. The first kappa shape index (κ1) is 13.9. The van der Waals surface area contributed by atoms with E-state index in [1.165, 1.54) is 4.57 Å². The van der Waals surface area contributed by atoms with E-state index >= 15 is 0 Å². The predicted octanol–water partition coefficient (Wildman–Crippen LogP) is 4.31. The van der Waals surface area contributed by atoms with Gasteiger partial charge in [-0.05, 0) is 36.3 Å². The van der Waals surface area contributed by atoms with Gasteiger partial charge in [0.05, 0.1) is 12.3 Å². The third-order valence-corrected chi connectivity index (χ3v) is 2.89. The van der Waals surface area contributed by atoms with Gasteiger partial charge in [0.1, 0.15) is 0 Å². The Balaban J connectivity index is 2.26. The summed E-state index contributed by atoms with van der Waals surface area (Å²) in [5, 5.41) is 0. The SMILES string of the molecule is C=Cc1ccccc1/C=C/c1cccn1C(=O)OCC. The quantitative estimate of drug-likeness (QED) is 0.826. The first-order chi connectivity index (χ1) is 9.76. The van der Waals surface area contributed by atoms with Crippen molar-refractivity contribution in [2.75, 3.05) is 6.61 Å². The molecule has 3 nitrogen and oxygen atoms in total. The average Bonchev–Trinajstić information content (AvgIpc) is 2.94. The summed E-state index contributed by atoms with van der Waals surface area (Å²) in [4.78, 5) is 11.8. The summed E-state index contributed by atoms with van der Waals surface area (Å²) in [6.07, 6.45) is 6.98. The molecule has 0 bridgehead atoms. The highest BCUT2D eigenvalue weighted by molar-refractivity contribution is 5.79. The number of ether oxygens (including phenoxy) is 1. The van der Waals surface area contributed by atoms with E-state index in [2.05, 4.69) is 6.58 Å². The average molecular weight is 267 g/mol. The fourth-order valence-corrected chi connectivity index (χ4v) is 1.91. The van der Waals surface area contributed by atoms with Crippen LogP contribution in [0.4, 0.5) is 4.79 Å². The zero-order chi connectivity index (χ0) is 14.4. The van der Waals surface area contributed by atoms with E-state index in [9.17, 15) is 4.79 Å². The molecule has 0 N–H and O–H groups in total. The number of nitrogens with zero attached hydrogens (tertiary/aromatic N) is 1. The van der Waals surface area contributed by atoms with Gasteiger partial charge < -0.3 is 4.74 Å². The van der Waals surface area contributed by atoms with Crippen molar-refractivity contribution in [3.05, 3.63) is 66.0 Å². The number of hydrogen-bond acceptors (Lipinski definition) is 2. The topological polar surface area (TPSA) is 31.2 Å². The van der Waals surface area contributed by atoms with Crippen LogP contribution < -0.4 is 0 Å². The molecule has 102 valence electrons. The zero-order valence-corrected chi connectivity index (χ0v) is 11.5. The maximum atomic E-state index is 11.8. The van der Waals surface area contributed by atoms with Gasteiger partial charge in [-0.2, -0.15) is 0 Å². The van der Waals surface area contributed by atoms with Crippen LogP contribution in [0.5, 0.6) is 0 Å².